The third-order valence-corrected chi connectivity index (χ3v) is 7.56. The Morgan fingerprint density at radius 1 is 0.739 bits per heavy atom. The summed E-state index contributed by atoms with van der Waals surface area (Å²) in [4.78, 5) is 10.2. The molecule has 0 spiro atoms. The Hall–Kier alpha value is -1.72. The van der Waals surface area contributed by atoms with Crippen LogP contribution >= 0.6 is 15.3 Å². The van der Waals surface area contributed by atoms with Crippen molar-refractivity contribution in [2.45, 2.75) is 0 Å². The van der Waals surface area contributed by atoms with Gasteiger partial charge in [-0.25, -0.2) is 0 Å². The van der Waals surface area contributed by atoms with E-state index < -0.39 is 15.3 Å². The summed E-state index contributed by atoms with van der Waals surface area (Å²) in [7, 11) is -4.20. The molecule has 0 amide bonds. The van der Waals surface area contributed by atoms with Crippen molar-refractivity contribution in [2.75, 3.05) is 6.66 Å². The third-order valence-electron chi connectivity index (χ3n) is 3.60. The Labute approximate surface area is 138 Å². The van der Waals surface area contributed by atoms with Crippen molar-refractivity contribution >= 4 is 36.5 Å². The van der Waals surface area contributed by atoms with E-state index in [0.29, 0.717) is 5.30 Å². The van der Waals surface area contributed by atoms with E-state index in [1.807, 2.05) is 54.6 Å². The molecule has 3 aromatic carbocycles. The molecule has 23 heavy (non-hydrogen) atoms. The first-order valence-corrected chi connectivity index (χ1v) is 10.8. The predicted molar refractivity (Wildman–Crippen MR) is 101 cm³/mol. The van der Waals surface area contributed by atoms with Crippen LogP contribution in [0.3, 0.4) is 0 Å². The zero-order chi connectivity index (χ0) is 16.3. The average molecular weight is 340 g/mol. The van der Waals surface area contributed by atoms with E-state index in [-0.39, 0.29) is 0 Å². The molecule has 0 aliphatic heterocycles. The highest BCUT2D eigenvalue weighted by atomic mass is 31.2. The van der Waals surface area contributed by atoms with Crippen LogP contribution in [0.4, 0.5) is 0 Å². The van der Waals surface area contributed by atoms with Crippen LogP contribution in [0.2, 0.25) is 0 Å². The Kier molecular flexibility index (Phi) is 4.78. The van der Waals surface area contributed by atoms with Crippen LogP contribution in [0, 0.1) is 0 Å². The van der Waals surface area contributed by atoms with Gasteiger partial charge in [0.15, 0.2) is 0 Å². The van der Waals surface area contributed by atoms with Gasteiger partial charge in [-0.05, 0) is 29.9 Å². The van der Waals surface area contributed by atoms with Gasteiger partial charge >= 0.3 is 0 Å². The van der Waals surface area contributed by atoms with Crippen molar-refractivity contribution in [3.63, 3.8) is 0 Å². The van der Waals surface area contributed by atoms with Gasteiger partial charge in [-0.3, -0.25) is 4.57 Å². The lowest BCUT2D eigenvalue weighted by atomic mass is 10.3. The van der Waals surface area contributed by atoms with Crippen LogP contribution in [0.5, 0.6) is 0 Å². The molecule has 0 saturated heterocycles. The quantitative estimate of drug-likeness (QED) is 0.742. The fourth-order valence-electron chi connectivity index (χ4n) is 2.59. The highest BCUT2D eigenvalue weighted by Crippen LogP contribution is 2.39. The zero-order valence-corrected chi connectivity index (χ0v) is 14.6. The van der Waals surface area contributed by atoms with Gasteiger partial charge in [0.2, 0.25) is 7.37 Å². The molecular weight excluding hydrogens is 322 g/mol. The Bertz CT molecular complexity index is 787. The van der Waals surface area contributed by atoms with Crippen LogP contribution in [0.15, 0.2) is 84.9 Å². The van der Waals surface area contributed by atoms with Crippen LogP contribution in [0.25, 0.3) is 0 Å². The van der Waals surface area contributed by atoms with Crippen molar-refractivity contribution < 1.29 is 9.46 Å². The maximum Gasteiger partial charge on any atom is 0.227 e. The molecule has 0 aliphatic rings. The molecule has 0 fully saturated rings. The minimum atomic E-state index is -3.33. The second kappa shape index (κ2) is 6.81. The number of hydrogen-bond donors (Lipinski definition) is 1. The SMILES string of the molecule is CP(=O)(O)c1ccccc1P(c1ccccc1)c1ccccc1. The summed E-state index contributed by atoms with van der Waals surface area (Å²) >= 11 is 0. The maximum atomic E-state index is 12.4. The summed E-state index contributed by atoms with van der Waals surface area (Å²) in [5.74, 6) is 0. The highest BCUT2D eigenvalue weighted by molar-refractivity contribution is 7.82. The first-order valence-electron chi connectivity index (χ1n) is 7.37. The molecule has 0 radical (unpaired) electrons. The Morgan fingerprint density at radius 2 is 1.17 bits per heavy atom. The van der Waals surface area contributed by atoms with E-state index in [4.69, 9.17) is 0 Å². The third kappa shape index (κ3) is 3.62. The smallest absolute Gasteiger partial charge is 0.227 e. The van der Waals surface area contributed by atoms with Gasteiger partial charge in [0.05, 0.1) is 0 Å². The molecule has 1 N–H and O–H groups in total. The van der Waals surface area contributed by atoms with E-state index >= 15 is 0 Å². The van der Waals surface area contributed by atoms with E-state index in [2.05, 4.69) is 24.3 Å². The van der Waals surface area contributed by atoms with Crippen LogP contribution in [0.1, 0.15) is 0 Å². The molecule has 3 aromatic rings. The summed E-state index contributed by atoms with van der Waals surface area (Å²) in [5.41, 5.74) is 0. The minimum Gasteiger partial charge on any atom is -0.341 e. The lowest BCUT2D eigenvalue weighted by molar-refractivity contribution is 0.496. The standard InChI is InChI=1S/C19H18O2P2/c1-23(20,21)19-15-9-8-14-18(19)22(16-10-4-2-5-11-16)17-12-6-3-7-13-17/h2-15H,1H3,(H,20,21). The Morgan fingerprint density at radius 3 is 1.65 bits per heavy atom. The second-order valence-corrected chi connectivity index (χ2v) is 9.80. The molecule has 0 saturated carbocycles. The fraction of sp³-hybridized carbons (Fsp3) is 0.0526. The molecule has 3 rings (SSSR count). The second-order valence-electron chi connectivity index (χ2n) is 5.37. The van der Waals surface area contributed by atoms with E-state index in [1.165, 1.54) is 17.3 Å². The molecule has 0 aromatic heterocycles. The van der Waals surface area contributed by atoms with Crippen LogP contribution in [-0.4, -0.2) is 11.6 Å². The zero-order valence-electron chi connectivity index (χ0n) is 12.8. The molecular formula is C19H18O2P2. The molecule has 116 valence electrons. The summed E-state index contributed by atoms with van der Waals surface area (Å²) in [6, 6.07) is 27.9. The lowest BCUT2D eigenvalue weighted by Gasteiger charge is -2.23. The number of hydrogen-bond acceptors (Lipinski definition) is 1. The van der Waals surface area contributed by atoms with Gasteiger partial charge in [-0.15, -0.1) is 0 Å². The number of benzene rings is 3. The fourth-order valence-corrected chi connectivity index (χ4v) is 6.64. The lowest BCUT2D eigenvalue weighted by Crippen LogP contribution is -2.30. The largest absolute Gasteiger partial charge is 0.341 e. The first-order chi connectivity index (χ1) is 11.1. The maximum absolute atomic E-state index is 12.4. The predicted octanol–water partition coefficient (Wildman–Crippen LogP) is 2.97. The van der Waals surface area contributed by atoms with Gasteiger partial charge in [0.1, 0.15) is 0 Å². The molecule has 4 heteroatoms. The van der Waals surface area contributed by atoms with Gasteiger partial charge in [0, 0.05) is 12.0 Å². The molecule has 1 unspecified atom stereocenters. The van der Waals surface area contributed by atoms with Crippen molar-refractivity contribution in [1.29, 1.82) is 0 Å². The summed E-state index contributed by atoms with van der Waals surface area (Å²) in [6.07, 6.45) is 0. The molecule has 0 aliphatic carbocycles. The van der Waals surface area contributed by atoms with Gasteiger partial charge in [0.25, 0.3) is 0 Å². The molecule has 1 atom stereocenters. The first kappa shape index (κ1) is 16.1. The van der Waals surface area contributed by atoms with Crippen molar-refractivity contribution in [3.05, 3.63) is 84.9 Å². The van der Waals surface area contributed by atoms with Gasteiger partial charge in [-0.1, -0.05) is 78.9 Å². The van der Waals surface area contributed by atoms with Crippen LogP contribution < -0.4 is 21.2 Å². The average Bonchev–Trinajstić information content (AvgIpc) is 2.57. The number of rotatable bonds is 4. The highest BCUT2D eigenvalue weighted by Gasteiger charge is 2.25. The molecule has 0 bridgehead atoms. The van der Waals surface area contributed by atoms with Crippen LogP contribution in [-0.2, 0) is 4.57 Å². The summed E-state index contributed by atoms with van der Waals surface area (Å²) in [6.45, 7) is 1.41. The summed E-state index contributed by atoms with van der Waals surface area (Å²) in [5, 5.41) is 3.86. The minimum absolute atomic E-state index is 0.554. The molecule has 2 nitrogen and oxygen atoms in total. The monoisotopic (exact) mass is 340 g/mol. The van der Waals surface area contributed by atoms with Gasteiger partial charge < -0.3 is 4.89 Å². The van der Waals surface area contributed by atoms with Crippen molar-refractivity contribution in [2.24, 2.45) is 0 Å². The van der Waals surface area contributed by atoms with E-state index in [1.54, 1.807) is 6.07 Å². The van der Waals surface area contributed by atoms with Crippen molar-refractivity contribution in [3.8, 4) is 0 Å². The van der Waals surface area contributed by atoms with Crippen molar-refractivity contribution in [1.82, 2.24) is 0 Å². The van der Waals surface area contributed by atoms with E-state index in [0.717, 1.165) is 5.30 Å². The van der Waals surface area contributed by atoms with Gasteiger partial charge in [-0.2, -0.15) is 0 Å². The molecule has 0 heterocycles. The normalized spacial score (nSPS) is 13.7. The summed E-state index contributed by atoms with van der Waals surface area (Å²) < 4.78 is 12.4. The Balaban J connectivity index is 2.24. The topological polar surface area (TPSA) is 37.3 Å². The van der Waals surface area contributed by atoms with E-state index in [9.17, 15) is 9.46 Å².